The average molecular weight is 280 g/mol. The molecule has 1 aliphatic rings. The van der Waals surface area contributed by atoms with E-state index in [0.29, 0.717) is 19.1 Å². The maximum Gasteiger partial charge on any atom is 0.321 e. The summed E-state index contributed by atoms with van der Waals surface area (Å²) in [7, 11) is 0. The highest BCUT2D eigenvalue weighted by Crippen LogP contribution is 2.14. The molecule has 1 unspecified atom stereocenters. The van der Waals surface area contributed by atoms with Crippen LogP contribution in [0.2, 0.25) is 0 Å². The third-order valence-corrected chi connectivity index (χ3v) is 3.62. The molecule has 1 atom stereocenters. The number of carbonyl (C=O) groups excluding carboxylic acids is 1. The Morgan fingerprint density at radius 3 is 2.85 bits per heavy atom. The number of rotatable bonds is 5. The normalized spacial score (nSPS) is 18.8. The summed E-state index contributed by atoms with van der Waals surface area (Å²) >= 11 is 0. The van der Waals surface area contributed by atoms with Crippen LogP contribution in [0.5, 0.6) is 0 Å². The van der Waals surface area contributed by atoms with Gasteiger partial charge in [-0.3, -0.25) is 4.79 Å². The van der Waals surface area contributed by atoms with Crippen molar-refractivity contribution in [3.63, 3.8) is 0 Å². The minimum atomic E-state index is -0.532. The van der Waals surface area contributed by atoms with Gasteiger partial charge in [0.15, 0.2) is 5.69 Å². The molecular weight excluding hydrogens is 260 g/mol. The Bertz CT molecular complexity index is 480. The van der Waals surface area contributed by atoms with Gasteiger partial charge in [0.2, 0.25) is 0 Å². The highest BCUT2D eigenvalue weighted by Gasteiger charge is 2.23. The van der Waals surface area contributed by atoms with Gasteiger partial charge in [-0.15, -0.1) is 0 Å². The zero-order chi connectivity index (χ0) is 14.5. The predicted octanol–water partition coefficient (Wildman–Crippen LogP) is 1.53. The van der Waals surface area contributed by atoms with E-state index in [9.17, 15) is 14.9 Å². The first-order chi connectivity index (χ1) is 9.61. The van der Waals surface area contributed by atoms with Crippen LogP contribution in [0.25, 0.3) is 0 Å². The number of aromatic nitrogens is 1. The lowest BCUT2D eigenvalue weighted by Gasteiger charge is -2.29. The second-order valence-corrected chi connectivity index (χ2v) is 5.00. The molecule has 7 nitrogen and oxygen atoms in total. The molecule has 1 aliphatic heterocycles. The summed E-state index contributed by atoms with van der Waals surface area (Å²) in [6, 6.07) is 3.11. The molecule has 2 rings (SSSR count). The van der Waals surface area contributed by atoms with E-state index in [-0.39, 0.29) is 17.4 Å². The SMILES string of the molecule is CCN(CC1CCCCN1)C(=O)c1ccc([N+](=O)[O-])[nH]1. The number of nitrogens with one attached hydrogen (secondary N) is 2. The predicted molar refractivity (Wildman–Crippen MR) is 74.7 cm³/mol. The van der Waals surface area contributed by atoms with Crippen LogP contribution in [0, 0.1) is 10.1 Å². The Balaban J connectivity index is 2.01. The number of nitro groups is 1. The van der Waals surface area contributed by atoms with Crippen LogP contribution in [0.3, 0.4) is 0 Å². The van der Waals surface area contributed by atoms with Crippen molar-refractivity contribution in [2.75, 3.05) is 19.6 Å². The number of hydrogen-bond donors (Lipinski definition) is 2. The monoisotopic (exact) mass is 280 g/mol. The molecule has 0 aliphatic carbocycles. The fourth-order valence-electron chi connectivity index (χ4n) is 2.49. The third-order valence-electron chi connectivity index (χ3n) is 3.62. The van der Waals surface area contributed by atoms with E-state index in [1.54, 1.807) is 4.90 Å². The van der Waals surface area contributed by atoms with Crippen LogP contribution in [-0.4, -0.2) is 46.4 Å². The fraction of sp³-hybridized carbons (Fsp3) is 0.615. The second kappa shape index (κ2) is 6.51. The molecule has 2 heterocycles. The van der Waals surface area contributed by atoms with Crippen molar-refractivity contribution in [1.82, 2.24) is 15.2 Å². The molecular formula is C13H20N4O3. The summed E-state index contributed by atoms with van der Waals surface area (Å²) < 4.78 is 0. The van der Waals surface area contributed by atoms with Gasteiger partial charge in [-0.25, -0.2) is 4.98 Å². The van der Waals surface area contributed by atoms with Crippen molar-refractivity contribution in [2.24, 2.45) is 0 Å². The van der Waals surface area contributed by atoms with Gasteiger partial charge in [0.25, 0.3) is 5.91 Å². The number of H-pyrrole nitrogens is 1. The zero-order valence-corrected chi connectivity index (χ0v) is 11.6. The van der Waals surface area contributed by atoms with Gasteiger partial charge in [-0.1, -0.05) is 6.42 Å². The molecule has 0 saturated carbocycles. The average Bonchev–Trinajstić information content (AvgIpc) is 2.95. The molecule has 110 valence electrons. The van der Waals surface area contributed by atoms with Crippen LogP contribution >= 0.6 is 0 Å². The first kappa shape index (κ1) is 14.5. The van der Waals surface area contributed by atoms with E-state index in [1.165, 1.54) is 25.0 Å². The minimum absolute atomic E-state index is 0.153. The van der Waals surface area contributed by atoms with Gasteiger partial charge < -0.3 is 20.3 Å². The minimum Gasteiger partial charge on any atom is -0.358 e. The molecule has 1 amide bonds. The number of piperidine rings is 1. The highest BCUT2D eigenvalue weighted by atomic mass is 16.6. The van der Waals surface area contributed by atoms with E-state index in [0.717, 1.165) is 13.0 Å². The Morgan fingerprint density at radius 1 is 1.50 bits per heavy atom. The summed E-state index contributed by atoms with van der Waals surface area (Å²) in [6.07, 6.45) is 3.42. The third kappa shape index (κ3) is 3.36. The Hall–Kier alpha value is -1.89. The van der Waals surface area contributed by atoms with E-state index in [1.807, 2.05) is 6.92 Å². The van der Waals surface area contributed by atoms with Crippen molar-refractivity contribution in [3.8, 4) is 0 Å². The van der Waals surface area contributed by atoms with Crippen LogP contribution in [0.15, 0.2) is 12.1 Å². The first-order valence-electron chi connectivity index (χ1n) is 6.98. The highest BCUT2D eigenvalue weighted by molar-refractivity contribution is 5.92. The molecule has 20 heavy (non-hydrogen) atoms. The van der Waals surface area contributed by atoms with Gasteiger partial charge in [0.1, 0.15) is 0 Å². The van der Waals surface area contributed by atoms with E-state index >= 15 is 0 Å². The number of amides is 1. The molecule has 1 fully saturated rings. The van der Waals surface area contributed by atoms with Crippen LogP contribution in [-0.2, 0) is 0 Å². The first-order valence-corrected chi connectivity index (χ1v) is 6.98. The summed E-state index contributed by atoms with van der Waals surface area (Å²) in [6.45, 7) is 4.13. The van der Waals surface area contributed by atoms with Crippen molar-refractivity contribution in [2.45, 2.75) is 32.2 Å². The topological polar surface area (TPSA) is 91.3 Å². The summed E-state index contributed by atoms with van der Waals surface area (Å²) in [5.41, 5.74) is 0.273. The van der Waals surface area contributed by atoms with E-state index < -0.39 is 4.92 Å². The number of likely N-dealkylation sites (N-methyl/N-ethyl adjacent to an activating group) is 1. The van der Waals surface area contributed by atoms with Gasteiger partial charge in [-0.05, 0) is 37.3 Å². The maximum absolute atomic E-state index is 12.3. The second-order valence-electron chi connectivity index (χ2n) is 5.00. The smallest absolute Gasteiger partial charge is 0.321 e. The fourth-order valence-corrected chi connectivity index (χ4v) is 2.49. The molecule has 0 radical (unpaired) electrons. The van der Waals surface area contributed by atoms with Crippen LogP contribution < -0.4 is 5.32 Å². The molecule has 0 aromatic carbocycles. The molecule has 7 heteroatoms. The summed E-state index contributed by atoms with van der Waals surface area (Å²) in [5.74, 6) is -0.340. The quantitative estimate of drug-likeness (QED) is 0.632. The van der Waals surface area contributed by atoms with Crippen molar-refractivity contribution in [1.29, 1.82) is 0 Å². The zero-order valence-electron chi connectivity index (χ0n) is 11.6. The van der Waals surface area contributed by atoms with E-state index in [4.69, 9.17) is 0 Å². The van der Waals surface area contributed by atoms with Crippen LogP contribution in [0.1, 0.15) is 36.7 Å². The van der Waals surface area contributed by atoms with Gasteiger partial charge in [0.05, 0.1) is 0 Å². The summed E-state index contributed by atoms with van der Waals surface area (Å²) in [4.78, 5) is 26.7. The maximum atomic E-state index is 12.3. The van der Waals surface area contributed by atoms with Gasteiger partial charge >= 0.3 is 5.82 Å². The Labute approximate surface area is 117 Å². The number of hydrogen-bond acceptors (Lipinski definition) is 4. The summed E-state index contributed by atoms with van der Waals surface area (Å²) in [5, 5.41) is 14.0. The standard InChI is InChI=1S/C13H20N4O3/c1-2-16(9-10-5-3-4-8-14-10)13(18)11-6-7-12(15-11)17(19)20/h6-7,10,14-15H,2-5,8-9H2,1H3. The molecule has 1 saturated heterocycles. The molecule has 1 aromatic heterocycles. The number of nitrogens with zero attached hydrogens (tertiary/aromatic N) is 2. The largest absolute Gasteiger partial charge is 0.358 e. The lowest BCUT2D eigenvalue weighted by atomic mass is 10.0. The lowest BCUT2D eigenvalue weighted by Crippen LogP contribution is -2.45. The van der Waals surface area contributed by atoms with Crippen molar-refractivity contribution in [3.05, 3.63) is 27.9 Å². The Morgan fingerprint density at radius 2 is 2.30 bits per heavy atom. The molecule has 2 N–H and O–H groups in total. The Kier molecular flexibility index (Phi) is 4.73. The van der Waals surface area contributed by atoms with Crippen molar-refractivity contribution >= 4 is 11.7 Å². The molecule has 1 aromatic rings. The number of carbonyl (C=O) groups is 1. The molecule has 0 bridgehead atoms. The van der Waals surface area contributed by atoms with Crippen molar-refractivity contribution < 1.29 is 9.72 Å². The lowest BCUT2D eigenvalue weighted by molar-refractivity contribution is -0.389. The van der Waals surface area contributed by atoms with E-state index in [2.05, 4.69) is 10.3 Å². The van der Waals surface area contributed by atoms with Gasteiger partial charge in [0, 0.05) is 25.2 Å². The number of aromatic amines is 1. The molecule has 0 spiro atoms. The van der Waals surface area contributed by atoms with Crippen LogP contribution in [0.4, 0.5) is 5.82 Å². The van der Waals surface area contributed by atoms with Gasteiger partial charge in [-0.2, -0.15) is 0 Å².